The predicted molar refractivity (Wildman–Crippen MR) is 79.7 cm³/mol. The summed E-state index contributed by atoms with van der Waals surface area (Å²) < 4.78 is 5.46. The van der Waals surface area contributed by atoms with Crippen molar-refractivity contribution in [1.82, 2.24) is 15.5 Å². The van der Waals surface area contributed by atoms with E-state index < -0.39 is 0 Å². The Bertz CT molecular complexity index is 509. The van der Waals surface area contributed by atoms with Crippen LogP contribution >= 0.6 is 0 Å². The molecule has 0 bridgehead atoms. The van der Waals surface area contributed by atoms with Crippen LogP contribution in [0, 0.1) is 0 Å². The van der Waals surface area contributed by atoms with E-state index in [2.05, 4.69) is 48.4 Å². The summed E-state index contributed by atoms with van der Waals surface area (Å²) in [5, 5.41) is 7.54. The molecule has 0 radical (unpaired) electrons. The molecule has 4 heteroatoms. The van der Waals surface area contributed by atoms with Crippen molar-refractivity contribution in [3.8, 4) is 0 Å². The highest BCUT2D eigenvalue weighted by molar-refractivity contribution is 5.18. The van der Waals surface area contributed by atoms with Crippen molar-refractivity contribution in [1.29, 1.82) is 0 Å². The summed E-state index contributed by atoms with van der Waals surface area (Å²) in [5.74, 6) is 1.77. The molecule has 2 unspecified atom stereocenters. The SMILES string of the molecule is CCNC(C)C(CC)c1nc(Cc2ccccc2)no1. The third kappa shape index (κ3) is 3.67. The van der Waals surface area contributed by atoms with Crippen LogP contribution < -0.4 is 5.32 Å². The molecule has 0 amide bonds. The molecule has 4 nitrogen and oxygen atoms in total. The summed E-state index contributed by atoms with van der Waals surface area (Å²) in [5.41, 5.74) is 1.20. The van der Waals surface area contributed by atoms with Gasteiger partial charge in [-0.05, 0) is 25.5 Å². The molecule has 1 aromatic heterocycles. The summed E-state index contributed by atoms with van der Waals surface area (Å²) in [6.45, 7) is 7.37. The molecular weight excluding hydrogens is 250 g/mol. The first-order chi connectivity index (χ1) is 9.74. The molecule has 0 aliphatic rings. The van der Waals surface area contributed by atoms with Crippen LogP contribution in [0.25, 0.3) is 0 Å². The highest BCUT2D eigenvalue weighted by atomic mass is 16.5. The number of benzene rings is 1. The zero-order valence-corrected chi connectivity index (χ0v) is 12.5. The highest BCUT2D eigenvalue weighted by Gasteiger charge is 2.22. The fourth-order valence-corrected chi connectivity index (χ4v) is 2.47. The Morgan fingerprint density at radius 3 is 2.60 bits per heavy atom. The second kappa shape index (κ2) is 7.20. The van der Waals surface area contributed by atoms with Gasteiger partial charge in [-0.2, -0.15) is 4.98 Å². The second-order valence-corrected chi connectivity index (χ2v) is 5.07. The quantitative estimate of drug-likeness (QED) is 0.842. The van der Waals surface area contributed by atoms with Gasteiger partial charge in [-0.15, -0.1) is 0 Å². The number of nitrogens with zero attached hydrogens (tertiary/aromatic N) is 2. The van der Waals surface area contributed by atoms with Gasteiger partial charge < -0.3 is 9.84 Å². The molecule has 0 saturated carbocycles. The Labute approximate surface area is 120 Å². The van der Waals surface area contributed by atoms with Gasteiger partial charge in [0, 0.05) is 12.5 Å². The lowest BCUT2D eigenvalue weighted by molar-refractivity contribution is 0.316. The van der Waals surface area contributed by atoms with Crippen LogP contribution in [-0.4, -0.2) is 22.7 Å². The van der Waals surface area contributed by atoms with E-state index >= 15 is 0 Å². The third-order valence-electron chi connectivity index (χ3n) is 3.58. The van der Waals surface area contributed by atoms with Gasteiger partial charge in [0.15, 0.2) is 5.82 Å². The maximum atomic E-state index is 5.46. The fourth-order valence-electron chi connectivity index (χ4n) is 2.47. The summed E-state index contributed by atoms with van der Waals surface area (Å²) in [7, 11) is 0. The van der Waals surface area contributed by atoms with Gasteiger partial charge in [0.2, 0.25) is 5.89 Å². The first kappa shape index (κ1) is 14.7. The molecule has 2 rings (SSSR count). The van der Waals surface area contributed by atoms with Gasteiger partial charge >= 0.3 is 0 Å². The Morgan fingerprint density at radius 1 is 1.20 bits per heavy atom. The van der Waals surface area contributed by atoms with Crippen LogP contribution in [0.15, 0.2) is 34.9 Å². The van der Waals surface area contributed by atoms with E-state index in [1.54, 1.807) is 0 Å². The van der Waals surface area contributed by atoms with Crippen molar-refractivity contribution in [2.45, 2.75) is 45.6 Å². The van der Waals surface area contributed by atoms with Crippen molar-refractivity contribution in [3.63, 3.8) is 0 Å². The van der Waals surface area contributed by atoms with E-state index in [0.717, 1.165) is 31.1 Å². The summed E-state index contributed by atoms with van der Waals surface area (Å²) >= 11 is 0. The van der Waals surface area contributed by atoms with Gasteiger partial charge in [0.05, 0.1) is 5.92 Å². The largest absolute Gasteiger partial charge is 0.339 e. The minimum absolute atomic E-state index is 0.270. The number of likely N-dealkylation sites (N-methyl/N-ethyl adjacent to an activating group) is 1. The lowest BCUT2D eigenvalue weighted by Gasteiger charge is -2.19. The minimum Gasteiger partial charge on any atom is -0.339 e. The summed E-state index contributed by atoms with van der Waals surface area (Å²) in [4.78, 5) is 4.56. The van der Waals surface area contributed by atoms with Crippen molar-refractivity contribution >= 4 is 0 Å². The molecule has 2 aromatic rings. The number of rotatable bonds is 7. The average Bonchev–Trinajstić information content (AvgIpc) is 2.89. The van der Waals surface area contributed by atoms with E-state index in [9.17, 15) is 0 Å². The molecular formula is C16H23N3O. The zero-order valence-electron chi connectivity index (χ0n) is 12.5. The van der Waals surface area contributed by atoms with Crippen LogP contribution in [0.4, 0.5) is 0 Å². The molecule has 0 fully saturated rings. The van der Waals surface area contributed by atoms with Crippen molar-refractivity contribution < 1.29 is 4.52 Å². The van der Waals surface area contributed by atoms with Crippen molar-refractivity contribution in [3.05, 3.63) is 47.6 Å². The second-order valence-electron chi connectivity index (χ2n) is 5.07. The van der Waals surface area contributed by atoms with Crippen LogP contribution in [0.3, 0.4) is 0 Å². The molecule has 20 heavy (non-hydrogen) atoms. The first-order valence-corrected chi connectivity index (χ1v) is 7.34. The summed E-state index contributed by atoms with van der Waals surface area (Å²) in [6.07, 6.45) is 1.71. The van der Waals surface area contributed by atoms with Crippen molar-refractivity contribution in [2.24, 2.45) is 0 Å². The monoisotopic (exact) mass is 273 g/mol. The Kier molecular flexibility index (Phi) is 5.30. The Hall–Kier alpha value is -1.68. The highest BCUT2D eigenvalue weighted by Crippen LogP contribution is 2.22. The van der Waals surface area contributed by atoms with Gasteiger partial charge in [-0.1, -0.05) is 49.3 Å². The number of aromatic nitrogens is 2. The lowest BCUT2D eigenvalue weighted by atomic mass is 9.98. The molecule has 1 heterocycles. The van der Waals surface area contributed by atoms with Gasteiger partial charge in [0.25, 0.3) is 0 Å². The molecule has 2 atom stereocenters. The number of hydrogen-bond donors (Lipinski definition) is 1. The normalized spacial score (nSPS) is 14.2. The average molecular weight is 273 g/mol. The molecule has 1 aromatic carbocycles. The molecule has 0 aliphatic heterocycles. The Balaban J connectivity index is 2.07. The topological polar surface area (TPSA) is 51.0 Å². The van der Waals surface area contributed by atoms with Crippen molar-refractivity contribution in [2.75, 3.05) is 6.54 Å². The lowest BCUT2D eigenvalue weighted by Crippen LogP contribution is -2.31. The fraction of sp³-hybridized carbons (Fsp3) is 0.500. The molecule has 0 aliphatic carbocycles. The van der Waals surface area contributed by atoms with Gasteiger partial charge in [-0.3, -0.25) is 0 Å². The summed E-state index contributed by atoms with van der Waals surface area (Å²) in [6, 6.07) is 10.6. The van der Waals surface area contributed by atoms with E-state index in [1.165, 1.54) is 5.56 Å². The minimum atomic E-state index is 0.270. The maximum Gasteiger partial charge on any atom is 0.231 e. The predicted octanol–water partition coefficient (Wildman–Crippen LogP) is 3.15. The van der Waals surface area contributed by atoms with Crippen LogP contribution in [0.1, 0.15) is 50.4 Å². The van der Waals surface area contributed by atoms with Crippen LogP contribution in [0.5, 0.6) is 0 Å². The zero-order chi connectivity index (χ0) is 14.4. The number of nitrogens with one attached hydrogen (secondary N) is 1. The van der Waals surface area contributed by atoms with E-state index in [1.807, 2.05) is 18.2 Å². The van der Waals surface area contributed by atoms with Gasteiger partial charge in [-0.25, -0.2) is 0 Å². The first-order valence-electron chi connectivity index (χ1n) is 7.34. The maximum absolute atomic E-state index is 5.46. The molecule has 0 spiro atoms. The molecule has 1 N–H and O–H groups in total. The number of hydrogen-bond acceptors (Lipinski definition) is 4. The van der Waals surface area contributed by atoms with Crippen LogP contribution in [0.2, 0.25) is 0 Å². The molecule has 0 saturated heterocycles. The smallest absolute Gasteiger partial charge is 0.231 e. The van der Waals surface area contributed by atoms with E-state index in [0.29, 0.717) is 6.04 Å². The third-order valence-corrected chi connectivity index (χ3v) is 3.58. The Morgan fingerprint density at radius 2 is 1.95 bits per heavy atom. The molecule has 108 valence electrons. The van der Waals surface area contributed by atoms with E-state index in [4.69, 9.17) is 4.52 Å². The standard InChI is InChI=1S/C16H23N3O/c1-4-14(12(3)17-5-2)16-18-15(19-20-16)11-13-9-7-6-8-10-13/h6-10,12,14,17H,4-5,11H2,1-3H3. The van der Waals surface area contributed by atoms with Gasteiger partial charge in [0.1, 0.15) is 0 Å². The van der Waals surface area contributed by atoms with E-state index in [-0.39, 0.29) is 5.92 Å². The van der Waals surface area contributed by atoms with Crippen LogP contribution in [-0.2, 0) is 6.42 Å².